The summed E-state index contributed by atoms with van der Waals surface area (Å²) in [6.07, 6.45) is 3.98. The summed E-state index contributed by atoms with van der Waals surface area (Å²) in [4.78, 5) is 3.32. The normalized spacial score (nSPS) is 10.9. The highest BCUT2D eigenvalue weighted by Crippen LogP contribution is 2.33. The molecule has 6 aromatic rings. The molecule has 0 fully saturated rings. The molecule has 43 heavy (non-hydrogen) atoms. The Kier molecular flexibility index (Phi) is 9.73. The molecule has 4 heteroatoms. The van der Waals surface area contributed by atoms with E-state index in [1.807, 2.05) is 72.8 Å². The fraction of sp³-hybridized carbons (Fsp3) is 0.128. The van der Waals surface area contributed by atoms with E-state index in [2.05, 4.69) is 89.8 Å². The van der Waals surface area contributed by atoms with Crippen LogP contribution < -0.4 is 15.8 Å². The number of aromatic amines is 1. The van der Waals surface area contributed by atoms with E-state index in [0.29, 0.717) is 0 Å². The van der Waals surface area contributed by atoms with Crippen molar-refractivity contribution in [1.82, 2.24) is 10.3 Å². The number of ether oxygens (including phenoxy) is 1. The lowest BCUT2D eigenvalue weighted by atomic mass is 9.78. The summed E-state index contributed by atoms with van der Waals surface area (Å²) in [6, 6.07) is 47.2. The Morgan fingerprint density at radius 1 is 0.698 bits per heavy atom. The van der Waals surface area contributed by atoms with E-state index in [9.17, 15) is 0 Å². The van der Waals surface area contributed by atoms with Crippen molar-refractivity contribution in [2.45, 2.75) is 24.9 Å². The molecule has 0 bridgehead atoms. The third-order valence-corrected chi connectivity index (χ3v) is 7.78. The first-order chi connectivity index (χ1) is 21.1. The van der Waals surface area contributed by atoms with E-state index in [4.69, 9.17) is 10.5 Å². The number of hydrogen-bond donors (Lipinski definition) is 3. The van der Waals surface area contributed by atoms with E-state index in [1.54, 1.807) is 7.11 Å². The largest absolute Gasteiger partial charge is 0.496 e. The van der Waals surface area contributed by atoms with Gasteiger partial charge in [-0.3, -0.25) is 0 Å². The standard InChI is InChI=1S/C20H22N2O.C19H17N/c1-15(21-14-17-7-3-6-10-20(17)23-2)11-12-16-13-22-19-9-5-4-8-18(16)19;20-19(16-10-4-1-5-11-16,17-12-6-2-7-13-17)18-14-8-3-9-15-18/h3-10,13,21-22H,1,11-12,14H2,2H3;1-15H,20H2. The predicted octanol–water partition coefficient (Wildman–Crippen LogP) is 8.35. The van der Waals surface area contributed by atoms with Crippen molar-refractivity contribution in [3.63, 3.8) is 0 Å². The van der Waals surface area contributed by atoms with Crippen LogP contribution in [-0.2, 0) is 18.5 Å². The number of aromatic nitrogens is 1. The fourth-order valence-electron chi connectivity index (χ4n) is 5.38. The minimum Gasteiger partial charge on any atom is -0.496 e. The van der Waals surface area contributed by atoms with Gasteiger partial charge in [0.2, 0.25) is 0 Å². The fourth-order valence-corrected chi connectivity index (χ4v) is 5.38. The highest BCUT2D eigenvalue weighted by Gasteiger charge is 2.31. The van der Waals surface area contributed by atoms with Crippen LogP contribution in [0.15, 0.2) is 158 Å². The molecule has 0 aliphatic rings. The van der Waals surface area contributed by atoms with Gasteiger partial charge in [-0.05, 0) is 47.2 Å². The van der Waals surface area contributed by atoms with Gasteiger partial charge in [0.25, 0.3) is 0 Å². The lowest BCUT2D eigenvalue weighted by molar-refractivity contribution is 0.408. The molecule has 0 radical (unpaired) electrons. The van der Waals surface area contributed by atoms with Gasteiger partial charge in [-0.2, -0.15) is 0 Å². The molecule has 0 spiro atoms. The molecule has 0 atom stereocenters. The number of methoxy groups -OCH3 is 1. The first-order valence-electron chi connectivity index (χ1n) is 14.6. The topological polar surface area (TPSA) is 63.1 Å². The van der Waals surface area contributed by atoms with Crippen molar-refractivity contribution in [1.29, 1.82) is 0 Å². The number of H-pyrrole nitrogens is 1. The number of fused-ring (bicyclic) bond motifs is 1. The predicted molar refractivity (Wildman–Crippen MR) is 179 cm³/mol. The highest BCUT2D eigenvalue weighted by atomic mass is 16.5. The Balaban J connectivity index is 0.000000173. The number of nitrogens with one attached hydrogen (secondary N) is 2. The van der Waals surface area contributed by atoms with Gasteiger partial charge in [0, 0.05) is 34.9 Å². The molecule has 4 N–H and O–H groups in total. The zero-order valence-electron chi connectivity index (χ0n) is 24.7. The maximum Gasteiger partial charge on any atom is 0.123 e. The highest BCUT2D eigenvalue weighted by molar-refractivity contribution is 5.83. The van der Waals surface area contributed by atoms with Crippen molar-refractivity contribution < 1.29 is 4.74 Å². The molecule has 0 aliphatic carbocycles. The molecule has 1 heterocycles. The van der Waals surface area contributed by atoms with Crippen LogP contribution in [-0.4, -0.2) is 12.1 Å². The summed E-state index contributed by atoms with van der Waals surface area (Å²) >= 11 is 0. The second-order valence-electron chi connectivity index (χ2n) is 10.5. The summed E-state index contributed by atoms with van der Waals surface area (Å²) < 4.78 is 5.37. The first-order valence-corrected chi connectivity index (χ1v) is 14.6. The van der Waals surface area contributed by atoms with Crippen molar-refractivity contribution in [2.24, 2.45) is 5.73 Å². The quantitative estimate of drug-likeness (QED) is 0.146. The number of para-hydroxylation sites is 2. The van der Waals surface area contributed by atoms with Gasteiger partial charge < -0.3 is 20.8 Å². The van der Waals surface area contributed by atoms with Gasteiger partial charge in [0.05, 0.1) is 12.6 Å². The van der Waals surface area contributed by atoms with Gasteiger partial charge in [-0.1, -0.05) is 134 Å². The molecule has 1 aromatic heterocycles. The van der Waals surface area contributed by atoms with E-state index >= 15 is 0 Å². The Hall–Kier alpha value is -5.06. The maximum atomic E-state index is 6.86. The van der Waals surface area contributed by atoms with Gasteiger partial charge >= 0.3 is 0 Å². The number of allylic oxidation sites excluding steroid dienone is 1. The monoisotopic (exact) mass is 565 g/mol. The second-order valence-corrected chi connectivity index (χ2v) is 10.5. The number of rotatable bonds is 10. The summed E-state index contributed by atoms with van der Waals surface area (Å²) in [6.45, 7) is 4.88. The molecule has 216 valence electrons. The van der Waals surface area contributed by atoms with Crippen LogP contribution in [0.2, 0.25) is 0 Å². The van der Waals surface area contributed by atoms with E-state index in [-0.39, 0.29) is 0 Å². The number of aryl methyl sites for hydroxylation is 1. The molecule has 0 unspecified atom stereocenters. The summed E-state index contributed by atoms with van der Waals surface area (Å²) in [5.74, 6) is 0.907. The first kappa shape index (κ1) is 29.4. The molecular weight excluding hydrogens is 526 g/mol. The molecule has 0 aliphatic heterocycles. The number of nitrogens with two attached hydrogens (primary N) is 1. The smallest absolute Gasteiger partial charge is 0.123 e. The SMILES string of the molecule is C=C(CCc1c[nH]c2ccccc12)NCc1ccccc1OC.NC(c1ccccc1)(c1ccccc1)c1ccccc1. The summed E-state index contributed by atoms with van der Waals surface area (Å²) in [5, 5.41) is 4.70. The molecular formula is C39H39N3O. The van der Waals surface area contributed by atoms with Gasteiger partial charge in [0.1, 0.15) is 5.75 Å². The Labute approximate surface area is 254 Å². The Morgan fingerprint density at radius 3 is 1.79 bits per heavy atom. The van der Waals surface area contributed by atoms with Crippen LogP contribution in [0.5, 0.6) is 5.75 Å². The third kappa shape index (κ3) is 7.06. The summed E-state index contributed by atoms with van der Waals surface area (Å²) in [7, 11) is 1.70. The molecule has 0 saturated carbocycles. The lowest BCUT2D eigenvalue weighted by Crippen LogP contribution is -2.39. The minimum absolute atomic E-state index is 0.621. The van der Waals surface area contributed by atoms with Crippen LogP contribution in [0.4, 0.5) is 0 Å². The average molecular weight is 566 g/mol. The van der Waals surface area contributed by atoms with Crippen molar-refractivity contribution in [3.8, 4) is 5.75 Å². The van der Waals surface area contributed by atoms with Crippen LogP contribution in [0.1, 0.15) is 34.2 Å². The minimum atomic E-state index is -0.621. The Bertz CT molecular complexity index is 1630. The lowest BCUT2D eigenvalue weighted by Gasteiger charge is -2.31. The van der Waals surface area contributed by atoms with E-state index in [0.717, 1.165) is 53.1 Å². The summed E-state index contributed by atoms with van der Waals surface area (Å²) in [5.41, 5.74) is 14.2. The number of benzene rings is 5. The average Bonchev–Trinajstić information content (AvgIpc) is 3.50. The maximum absolute atomic E-state index is 6.86. The van der Waals surface area contributed by atoms with Gasteiger partial charge in [-0.15, -0.1) is 0 Å². The van der Waals surface area contributed by atoms with E-state index in [1.165, 1.54) is 16.5 Å². The van der Waals surface area contributed by atoms with Crippen molar-refractivity contribution in [3.05, 3.63) is 186 Å². The molecule has 5 aromatic carbocycles. The molecule has 6 rings (SSSR count). The zero-order chi connectivity index (χ0) is 29.9. The third-order valence-electron chi connectivity index (χ3n) is 7.78. The van der Waals surface area contributed by atoms with Crippen LogP contribution in [0.3, 0.4) is 0 Å². The molecule has 0 amide bonds. The number of hydrogen-bond acceptors (Lipinski definition) is 3. The van der Waals surface area contributed by atoms with Crippen LogP contribution in [0, 0.1) is 0 Å². The Morgan fingerprint density at radius 2 is 1.21 bits per heavy atom. The van der Waals surface area contributed by atoms with Gasteiger partial charge in [-0.25, -0.2) is 0 Å². The van der Waals surface area contributed by atoms with E-state index < -0.39 is 5.54 Å². The molecule has 4 nitrogen and oxygen atoms in total. The van der Waals surface area contributed by atoms with Crippen molar-refractivity contribution >= 4 is 10.9 Å². The van der Waals surface area contributed by atoms with Crippen LogP contribution in [0.25, 0.3) is 10.9 Å². The van der Waals surface area contributed by atoms with Gasteiger partial charge in [0.15, 0.2) is 0 Å². The molecule has 0 saturated heterocycles. The second kappa shape index (κ2) is 14.2. The van der Waals surface area contributed by atoms with Crippen molar-refractivity contribution in [2.75, 3.05) is 7.11 Å². The van der Waals surface area contributed by atoms with Crippen LogP contribution >= 0.6 is 0 Å². The zero-order valence-corrected chi connectivity index (χ0v) is 24.7.